The molecule has 0 aliphatic carbocycles. The second-order valence-corrected chi connectivity index (χ2v) is 3.05. The molecule has 0 spiro atoms. The van der Waals surface area contributed by atoms with Crippen molar-refractivity contribution in [3.63, 3.8) is 0 Å². The fourth-order valence-electron chi connectivity index (χ4n) is 0.929. The SMILES string of the molecule is CC(O)CC1=CC(S)OC1=O. The van der Waals surface area contributed by atoms with Crippen LogP contribution < -0.4 is 0 Å². The molecule has 0 aromatic rings. The number of esters is 1. The van der Waals surface area contributed by atoms with E-state index in [1.165, 1.54) is 0 Å². The molecule has 0 bridgehead atoms. The summed E-state index contributed by atoms with van der Waals surface area (Å²) < 4.78 is 4.70. The highest BCUT2D eigenvalue weighted by Crippen LogP contribution is 2.19. The summed E-state index contributed by atoms with van der Waals surface area (Å²) in [5.74, 6) is -0.370. The third-order valence-corrected chi connectivity index (χ3v) is 1.60. The van der Waals surface area contributed by atoms with E-state index in [2.05, 4.69) is 12.6 Å². The van der Waals surface area contributed by atoms with E-state index in [1.807, 2.05) is 0 Å². The number of cyclic esters (lactones) is 1. The van der Waals surface area contributed by atoms with Crippen LogP contribution in [-0.4, -0.2) is 22.6 Å². The van der Waals surface area contributed by atoms with Crippen molar-refractivity contribution in [2.45, 2.75) is 24.9 Å². The smallest absolute Gasteiger partial charge is 0.335 e. The Balaban J connectivity index is 2.57. The molecule has 1 aliphatic heterocycles. The molecule has 1 aliphatic rings. The number of rotatable bonds is 2. The van der Waals surface area contributed by atoms with Crippen molar-refractivity contribution in [3.05, 3.63) is 11.6 Å². The van der Waals surface area contributed by atoms with E-state index in [0.717, 1.165) is 0 Å². The minimum Gasteiger partial charge on any atom is -0.444 e. The topological polar surface area (TPSA) is 46.5 Å². The zero-order valence-electron chi connectivity index (χ0n) is 6.15. The van der Waals surface area contributed by atoms with Crippen molar-refractivity contribution in [1.82, 2.24) is 0 Å². The molecule has 2 atom stereocenters. The molecule has 0 saturated carbocycles. The molecule has 0 aromatic heterocycles. The van der Waals surface area contributed by atoms with Crippen LogP contribution in [0.25, 0.3) is 0 Å². The molecule has 0 aromatic carbocycles. The molecule has 1 heterocycles. The number of carbonyl (C=O) groups excluding carboxylic acids is 1. The van der Waals surface area contributed by atoms with Crippen LogP contribution in [0.2, 0.25) is 0 Å². The van der Waals surface area contributed by atoms with Crippen molar-refractivity contribution in [2.24, 2.45) is 0 Å². The molecule has 0 fully saturated rings. The van der Waals surface area contributed by atoms with Gasteiger partial charge in [0.25, 0.3) is 0 Å². The molecule has 1 rings (SSSR count). The molecule has 62 valence electrons. The van der Waals surface area contributed by atoms with Crippen molar-refractivity contribution in [2.75, 3.05) is 0 Å². The van der Waals surface area contributed by atoms with Crippen LogP contribution >= 0.6 is 12.6 Å². The fraction of sp³-hybridized carbons (Fsp3) is 0.571. The van der Waals surface area contributed by atoms with Crippen LogP contribution in [0.4, 0.5) is 0 Å². The van der Waals surface area contributed by atoms with Crippen LogP contribution in [0.1, 0.15) is 13.3 Å². The first kappa shape index (κ1) is 8.62. The second-order valence-electron chi connectivity index (χ2n) is 2.54. The molecule has 1 N–H and O–H groups in total. The number of hydrogen-bond acceptors (Lipinski definition) is 4. The van der Waals surface area contributed by atoms with Gasteiger partial charge in [-0.25, -0.2) is 4.79 Å². The van der Waals surface area contributed by atoms with E-state index in [-0.39, 0.29) is 5.97 Å². The van der Waals surface area contributed by atoms with Gasteiger partial charge in [0.2, 0.25) is 0 Å². The first-order valence-corrected chi connectivity index (χ1v) is 3.89. The van der Waals surface area contributed by atoms with Gasteiger partial charge >= 0.3 is 5.97 Å². The number of ether oxygens (including phenoxy) is 1. The predicted molar refractivity (Wildman–Crippen MR) is 43.2 cm³/mol. The van der Waals surface area contributed by atoms with Gasteiger partial charge in [0.15, 0.2) is 5.44 Å². The van der Waals surface area contributed by atoms with Gasteiger partial charge in [-0.2, -0.15) is 0 Å². The standard InChI is InChI=1S/C7H10O3S/c1-4(8)2-5-3-6(11)10-7(5)9/h3-4,6,8,11H,2H2,1H3. The zero-order valence-corrected chi connectivity index (χ0v) is 7.04. The number of hydrogen-bond donors (Lipinski definition) is 2. The molecule has 0 saturated heterocycles. The van der Waals surface area contributed by atoms with Crippen LogP contribution in [-0.2, 0) is 9.53 Å². The maximum atomic E-state index is 10.9. The van der Waals surface area contributed by atoms with E-state index >= 15 is 0 Å². The van der Waals surface area contributed by atoms with Gasteiger partial charge in [0.1, 0.15) is 0 Å². The summed E-state index contributed by atoms with van der Waals surface area (Å²) in [5.41, 5.74) is 0.0799. The summed E-state index contributed by atoms with van der Waals surface area (Å²) in [4.78, 5) is 10.9. The molecule has 3 nitrogen and oxygen atoms in total. The van der Waals surface area contributed by atoms with Gasteiger partial charge < -0.3 is 9.84 Å². The average molecular weight is 174 g/mol. The number of aliphatic hydroxyl groups excluding tert-OH is 1. The Morgan fingerprint density at radius 2 is 2.55 bits per heavy atom. The van der Waals surface area contributed by atoms with Gasteiger partial charge in [0.05, 0.1) is 6.10 Å². The molecule has 0 radical (unpaired) electrons. The summed E-state index contributed by atoms with van der Waals surface area (Å²) >= 11 is 3.93. The van der Waals surface area contributed by atoms with Crippen molar-refractivity contribution in [1.29, 1.82) is 0 Å². The number of thiol groups is 1. The van der Waals surface area contributed by atoms with Crippen molar-refractivity contribution >= 4 is 18.6 Å². The van der Waals surface area contributed by atoms with E-state index in [9.17, 15) is 4.79 Å². The Hall–Kier alpha value is -0.480. The van der Waals surface area contributed by atoms with Crippen molar-refractivity contribution in [3.8, 4) is 0 Å². The monoisotopic (exact) mass is 174 g/mol. The molecule has 0 amide bonds. The maximum absolute atomic E-state index is 10.9. The molecule has 4 heteroatoms. The average Bonchev–Trinajstić information content (AvgIpc) is 2.09. The lowest BCUT2D eigenvalue weighted by Gasteiger charge is -2.01. The first-order chi connectivity index (χ1) is 5.09. The van der Waals surface area contributed by atoms with Gasteiger partial charge in [-0.15, -0.1) is 12.6 Å². The summed E-state index contributed by atoms with van der Waals surface area (Å²) in [6.07, 6.45) is 1.45. The Labute approximate surface area is 70.5 Å². The summed E-state index contributed by atoms with van der Waals surface area (Å²) in [5, 5.41) is 8.94. The van der Waals surface area contributed by atoms with E-state index in [1.54, 1.807) is 13.0 Å². The van der Waals surface area contributed by atoms with Gasteiger partial charge in [-0.05, 0) is 13.0 Å². The van der Waals surface area contributed by atoms with Crippen molar-refractivity contribution < 1.29 is 14.6 Å². The fourth-order valence-corrected chi connectivity index (χ4v) is 1.20. The van der Waals surface area contributed by atoms with Gasteiger partial charge in [-0.1, -0.05) is 0 Å². The highest BCUT2D eigenvalue weighted by Gasteiger charge is 2.23. The van der Waals surface area contributed by atoms with Gasteiger partial charge in [-0.3, -0.25) is 0 Å². The molecule has 2 unspecified atom stereocenters. The molecule has 11 heavy (non-hydrogen) atoms. The summed E-state index contributed by atoms with van der Waals surface area (Å²) in [6, 6.07) is 0. The summed E-state index contributed by atoms with van der Waals surface area (Å²) in [7, 11) is 0. The predicted octanol–water partition coefficient (Wildman–Crippen LogP) is 0.496. The van der Waals surface area contributed by atoms with E-state index in [0.29, 0.717) is 12.0 Å². The quantitative estimate of drug-likeness (QED) is 0.473. The highest BCUT2D eigenvalue weighted by molar-refractivity contribution is 7.81. The Kier molecular flexibility index (Phi) is 2.57. The first-order valence-electron chi connectivity index (χ1n) is 3.37. The lowest BCUT2D eigenvalue weighted by atomic mass is 10.1. The maximum Gasteiger partial charge on any atom is 0.335 e. The minimum absolute atomic E-state index is 0.343. The largest absolute Gasteiger partial charge is 0.444 e. The lowest BCUT2D eigenvalue weighted by Crippen LogP contribution is -2.07. The third kappa shape index (κ3) is 2.24. The highest BCUT2D eigenvalue weighted by atomic mass is 32.1. The summed E-state index contributed by atoms with van der Waals surface area (Å²) in [6.45, 7) is 1.62. The molecular weight excluding hydrogens is 164 g/mol. The Morgan fingerprint density at radius 1 is 1.91 bits per heavy atom. The van der Waals surface area contributed by atoms with Crippen LogP contribution in [0, 0.1) is 0 Å². The third-order valence-electron chi connectivity index (χ3n) is 1.35. The zero-order chi connectivity index (χ0) is 8.43. The van der Waals surface area contributed by atoms with Gasteiger partial charge in [0, 0.05) is 12.0 Å². The second kappa shape index (κ2) is 3.28. The number of aliphatic hydroxyl groups is 1. The normalized spacial score (nSPS) is 26.3. The van der Waals surface area contributed by atoms with E-state index in [4.69, 9.17) is 9.84 Å². The Morgan fingerprint density at radius 3 is 2.91 bits per heavy atom. The molecular formula is C7H10O3S. The van der Waals surface area contributed by atoms with E-state index < -0.39 is 11.5 Å². The Bertz CT molecular complexity index is 198. The van der Waals surface area contributed by atoms with Crippen LogP contribution in [0.5, 0.6) is 0 Å². The van der Waals surface area contributed by atoms with Crippen LogP contribution in [0.15, 0.2) is 11.6 Å². The van der Waals surface area contributed by atoms with Crippen LogP contribution in [0.3, 0.4) is 0 Å². The lowest BCUT2D eigenvalue weighted by molar-refractivity contribution is -0.137. The minimum atomic E-state index is -0.507. The number of carbonyl (C=O) groups is 1.